The maximum Gasteiger partial charge on any atom is 0.251 e. The molecule has 1 aromatic heterocycles. The van der Waals surface area contributed by atoms with Crippen LogP contribution in [-0.2, 0) is 0 Å². The van der Waals surface area contributed by atoms with Crippen LogP contribution >= 0.6 is 0 Å². The van der Waals surface area contributed by atoms with Gasteiger partial charge in [0.1, 0.15) is 0 Å². The Hall–Kier alpha value is -1.42. The Kier molecular flexibility index (Phi) is 4.09. The summed E-state index contributed by atoms with van der Waals surface area (Å²) >= 11 is 0. The van der Waals surface area contributed by atoms with Gasteiger partial charge >= 0.3 is 0 Å². The number of carbonyl (C=O) groups excluding carboxylic acids is 1. The lowest BCUT2D eigenvalue weighted by Crippen LogP contribution is -2.40. The molecule has 4 heteroatoms. The number of hydrogen-bond acceptors (Lipinski definition) is 3. The zero-order valence-electron chi connectivity index (χ0n) is 10.2. The summed E-state index contributed by atoms with van der Waals surface area (Å²) in [5.74, 6) is -0.0153. The van der Waals surface area contributed by atoms with Crippen molar-refractivity contribution in [3.8, 4) is 0 Å². The van der Waals surface area contributed by atoms with Crippen molar-refractivity contribution in [2.75, 3.05) is 19.6 Å². The van der Waals surface area contributed by atoms with Crippen LogP contribution in [0.15, 0.2) is 24.5 Å². The van der Waals surface area contributed by atoms with Crippen LogP contribution in [-0.4, -0.2) is 41.5 Å². The van der Waals surface area contributed by atoms with Gasteiger partial charge in [-0.3, -0.25) is 14.7 Å². The molecule has 1 saturated heterocycles. The van der Waals surface area contributed by atoms with Gasteiger partial charge in [0, 0.05) is 30.5 Å². The molecule has 2 rings (SSSR count). The highest BCUT2D eigenvalue weighted by molar-refractivity contribution is 5.93. The fraction of sp³-hybridized carbons (Fsp3) is 0.538. The normalized spacial score (nSPS) is 17.9. The first-order chi connectivity index (χ1) is 8.27. The maximum absolute atomic E-state index is 11.8. The Morgan fingerprint density at radius 3 is 2.71 bits per heavy atom. The van der Waals surface area contributed by atoms with Gasteiger partial charge in [-0.15, -0.1) is 0 Å². The minimum absolute atomic E-state index is 0.0153. The van der Waals surface area contributed by atoms with E-state index in [-0.39, 0.29) is 5.91 Å². The Morgan fingerprint density at radius 2 is 2.06 bits per heavy atom. The first-order valence-electron chi connectivity index (χ1n) is 6.19. The highest BCUT2D eigenvalue weighted by Crippen LogP contribution is 2.10. The van der Waals surface area contributed by atoms with Crippen LogP contribution in [0.25, 0.3) is 0 Å². The van der Waals surface area contributed by atoms with Crippen LogP contribution in [0.2, 0.25) is 0 Å². The molecule has 1 amide bonds. The van der Waals surface area contributed by atoms with Crippen LogP contribution in [0.4, 0.5) is 0 Å². The van der Waals surface area contributed by atoms with E-state index in [4.69, 9.17) is 0 Å². The second kappa shape index (κ2) is 5.77. The Labute approximate surface area is 102 Å². The minimum Gasteiger partial charge on any atom is -0.350 e. The summed E-state index contributed by atoms with van der Waals surface area (Å²) in [7, 11) is 0. The SMILES string of the molecule is CC(CNC(=O)c1ccncc1)N1CCCC1. The fourth-order valence-corrected chi connectivity index (χ4v) is 2.16. The zero-order valence-corrected chi connectivity index (χ0v) is 10.2. The third-order valence-corrected chi connectivity index (χ3v) is 3.26. The smallest absolute Gasteiger partial charge is 0.251 e. The van der Waals surface area contributed by atoms with E-state index in [0.717, 1.165) is 13.1 Å². The van der Waals surface area contributed by atoms with Gasteiger partial charge in [-0.1, -0.05) is 0 Å². The first-order valence-corrected chi connectivity index (χ1v) is 6.19. The topological polar surface area (TPSA) is 45.2 Å². The molecule has 1 unspecified atom stereocenters. The lowest BCUT2D eigenvalue weighted by Gasteiger charge is -2.23. The molecule has 1 N–H and O–H groups in total. The number of carbonyl (C=O) groups is 1. The number of amides is 1. The minimum atomic E-state index is -0.0153. The van der Waals surface area contributed by atoms with Gasteiger partial charge in [0.15, 0.2) is 0 Å². The van der Waals surface area contributed by atoms with E-state index in [1.54, 1.807) is 24.5 Å². The molecule has 1 aromatic rings. The van der Waals surface area contributed by atoms with Crippen molar-refractivity contribution < 1.29 is 4.79 Å². The summed E-state index contributed by atoms with van der Waals surface area (Å²) in [6.45, 7) is 5.19. The number of likely N-dealkylation sites (tertiary alicyclic amines) is 1. The van der Waals surface area contributed by atoms with Crippen molar-refractivity contribution in [2.45, 2.75) is 25.8 Å². The third-order valence-electron chi connectivity index (χ3n) is 3.26. The quantitative estimate of drug-likeness (QED) is 0.852. The molecule has 92 valence electrons. The van der Waals surface area contributed by atoms with Gasteiger partial charge in [0.2, 0.25) is 0 Å². The van der Waals surface area contributed by atoms with Crippen molar-refractivity contribution in [2.24, 2.45) is 0 Å². The summed E-state index contributed by atoms with van der Waals surface area (Å²) in [5.41, 5.74) is 0.675. The van der Waals surface area contributed by atoms with E-state index in [2.05, 4.69) is 22.1 Å². The van der Waals surface area contributed by atoms with E-state index < -0.39 is 0 Å². The Balaban J connectivity index is 1.80. The molecule has 17 heavy (non-hydrogen) atoms. The van der Waals surface area contributed by atoms with Crippen molar-refractivity contribution in [3.05, 3.63) is 30.1 Å². The molecule has 0 saturated carbocycles. The number of rotatable bonds is 4. The number of nitrogens with one attached hydrogen (secondary N) is 1. The molecular formula is C13H19N3O. The predicted octanol–water partition coefficient (Wildman–Crippen LogP) is 1.30. The van der Waals surface area contributed by atoms with Crippen molar-refractivity contribution >= 4 is 5.91 Å². The lowest BCUT2D eigenvalue weighted by molar-refractivity contribution is 0.0940. The second-order valence-corrected chi connectivity index (χ2v) is 4.54. The van der Waals surface area contributed by atoms with E-state index in [0.29, 0.717) is 18.2 Å². The van der Waals surface area contributed by atoms with Crippen LogP contribution in [0, 0.1) is 0 Å². The van der Waals surface area contributed by atoms with Gasteiger partial charge in [0.25, 0.3) is 5.91 Å². The summed E-state index contributed by atoms with van der Waals surface area (Å²) in [6.07, 6.45) is 5.84. The van der Waals surface area contributed by atoms with E-state index in [1.165, 1.54) is 12.8 Å². The largest absolute Gasteiger partial charge is 0.350 e. The van der Waals surface area contributed by atoms with Gasteiger partial charge in [-0.05, 0) is 45.0 Å². The highest BCUT2D eigenvalue weighted by atomic mass is 16.1. The molecule has 0 bridgehead atoms. The highest BCUT2D eigenvalue weighted by Gasteiger charge is 2.18. The predicted molar refractivity (Wildman–Crippen MR) is 66.8 cm³/mol. The Bertz CT molecular complexity index is 360. The molecule has 0 radical (unpaired) electrons. The fourth-order valence-electron chi connectivity index (χ4n) is 2.16. The standard InChI is InChI=1S/C13H19N3O/c1-11(16-8-2-3-9-16)10-15-13(17)12-4-6-14-7-5-12/h4-7,11H,2-3,8-10H2,1H3,(H,15,17). The third kappa shape index (κ3) is 3.27. The number of hydrogen-bond donors (Lipinski definition) is 1. The van der Waals surface area contributed by atoms with Gasteiger partial charge in [0.05, 0.1) is 0 Å². The molecule has 1 fully saturated rings. The summed E-state index contributed by atoms with van der Waals surface area (Å²) in [4.78, 5) is 18.1. The summed E-state index contributed by atoms with van der Waals surface area (Å²) in [5, 5.41) is 2.97. The van der Waals surface area contributed by atoms with Crippen molar-refractivity contribution in [3.63, 3.8) is 0 Å². The molecule has 0 aliphatic carbocycles. The molecule has 1 atom stereocenters. The van der Waals surface area contributed by atoms with Crippen LogP contribution in [0.1, 0.15) is 30.1 Å². The number of nitrogens with zero attached hydrogens (tertiary/aromatic N) is 2. The second-order valence-electron chi connectivity index (χ2n) is 4.54. The monoisotopic (exact) mass is 233 g/mol. The molecular weight excluding hydrogens is 214 g/mol. The number of aromatic nitrogens is 1. The van der Waals surface area contributed by atoms with Gasteiger partial charge < -0.3 is 5.32 Å². The molecule has 1 aliphatic rings. The van der Waals surface area contributed by atoms with E-state index in [1.807, 2.05) is 0 Å². The summed E-state index contributed by atoms with van der Waals surface area (Å²) in [6, 6.07) is 3.88. The average Bonchev–Trinajstić information content (AvgIpc) is 2.90. The maximum atomic E-state index is 11.8. The zero-order chi connectivity index (χ0) is 12.1. The van der Waals surface area contributed by atoms with Gasteiger partial charge in [-0.2, -0.15) is 0 Å². The average molecular weight is 233 g/mol. The van der Waals surface area contributed by atoms with Gasteiger partial charge in [-0.25, -0.2) is 0 Å². The van der Waals surface area contributed by atoms with Crippen LogP contribution in [0.5, 0.6) is 0 Å². The molecule has 4 nitrogen and oxygen atoms in total. The molecule has 1 aliphatic heterocycles. The number of pyridine rings is 1. The van der Waals surface area contributed by atoms with Crippen molar-refractivity contribution in [1.82, 2.24) is 15.2 Å². The molecule has 0 aromatic carbocycles. The lowest BCUT2D eigenvalue weighted by atomic mass is 10.2. The van der Waals surface area contributed by atoms with E-state index >= 15 is 0 Å². The first kappa shape index (κ1) is 12.0. The van der Waals surface area contributed by atoms with Crippen molar-refractivity contribution in [1.29, 1.82) is 0 Å². The molecule has 0 spiro atoms. The summed E-state index contributed by atoms with van der Waals surface area (Å²) < 4.78 is 0. The van der Waals surface area contributed by atoms with E-state index in [9.17, 15) is 4.79 Å². The van der Waals surface area contributed by atoms with Crippen LogP contribution in [0.3, 0.4) is 0 Å². The molecule has 2 heterocycles. The van der Waals surface area contributed by atoms with Crippen LogP contribution < -0.4 is 5.32 Å². The Morgan fingerprint density at radius 1 is 1.41 bits per heavy atom.